The van der Waals surface area contributed by atoms with Gasteiger partial charge in [0.15, 0.2) is 0 Å². The van der Waals surface area contributed by atoms with E-state index in [4.69, 9.17) is 5.11 Å². The number of aliphatic hydroxyl groups excluding tert-OH is 2. The van der Waals surface area contributed by atoms with Crippen LogP contribution in [0.25, 0.3) is 0 Å². The van der Waals surface area contributed by atoms with Gasteiger partial charge in [-0.3, -0.25) is 0 Å². The molecule has 21 heavy (non-hydrogen) atoms. The summed E-state index contributed by atoms with van der Waals surface area (Å²) in [6.45, 7) is 2.59. The molecule has 0 aromatic heterocycles. The Morgan fingerprint density at radius 1 is 0.571 bits per heavy atom. The average Bonchev–Trinajstić information content (AvgIpc) is 2.49. The number of unbranched alkanes of at least 4 members (excludes halogenated alkanes) is 12. The first-order chi connectivity index (χ1) is 10.3. The molecule has 0 aromatic rings. The minimum absolute atomic E-state index is 0.0508. The van der Waals surface area contributed by atoms with E-state index in [-0.39, 0.29) is 6.10 Å². The summed E-state index contributed by atoms with van der Waals surface area (Å²) in [5.41, 5.74) is 0. The standard InChI is InChI=1S/C19H40O2/c1-2-3-4-10-13-16-19(21)17-14-11-8-6-5-7-9-12-15-18-20/h19-21H,2-18H2,1H3. The van der Waals surface area contributed by atoms with E-state index in [1.54, 1.807) is 0 Å². The van der Waals surface area contributed by atoms with Crippen LogP contribution in [0.15, 0.2) is 0 Å². The number of hydrogen-bond donors (Lipinski definition) is 2. The highest BCUT2D eigenvalue weighted by Gasteiger charge is 2.03. The van der Waals surface area contributed by atoms with Crippen LogP contribution < -0.4 is 0 Å². The lowest BCUT2D eigenvalue weighted by Crippen LogP contribution is -2.05. The highest BCUT2D eigenvalue weighted by molar-refractivity contribution is 4.57. The molecular formula is C19H40O2. The quantitative estimate of drug-likeness (QED) is 0.343. The van der Waals surface area contributed by atoms with Crippen LogP contribution in [-0.2, 0) is 0 Å². The first-order valence-electron chi connectivity index (χ1n) is 9.60. The van der Waals surface area contributed by atoms with Crippen LogP contribution in [0, 0.1) is 0 Å². The van der Waals surface area contributed by atoms with Crippen molar-refractivity contribution in [2.45, 2.75) is 116 Å². The fourth-order valence-corrected chi connectivity index (χ4v) is 2.86. The molecule has 2 heteroatoms. The van der Waals surface area contributed by atoms with Gasteiger partial charge in [0.05, 0.1) is 6.10 Å². The molecule has 0 rings (SSSR count). The Morgan fingerprint density at radius 3 is 1.38 bits per heavy atom. The van der Waals surface area contributed by atoms with Gasteiger partial charge in [-0.15, -0.1) is 0 Å². The van der Waals surface area contributed by atoms with E-state index in [0.717, 1.165) is 19.3 Å². The van der Waals surface area contributed by atoms with Crippen molar-refractivity contribution in [1.82, 2.24) is 0 Å². The van der Waals surface area contributed by atoms with E-state index < -0.39 is 0 Å². The third kappa shape index (κ3) is 17.9. The fraction of sp³-hybridized carbons (Fsp3) is 1.00. The summed E-state index contributed by atoms with van der Waals surface area (Å²) >= 11 is 0. The smallest absolute Gasteiger partial charge is 0.0540 e. The second kappa shape index (κ2) is 18.0. The lowest BCUT2D eigenvalue weighted by Gasteiger charge is -2.10. The molecule has 0 aliphatic heterocycles. The average molecular weight is 301 g/mol. The third-order valence-corrected chi connectivity index (χ3v) is 4.34. The maximum atomic E-state index is 9.91. The molecule has 2 N–H and O–H groups in total. The van der Waals surface area contributed by atoms with Crippen molar-refractivity contribution in [1.29, 1.82) is 0 Å². The Labute approximate surface area is 133 Å². The lowest BCUT2D eigenvalue weighted by molar-refractivity contribution is 0.147. The van der Waals surface area contributed by atoms with Crippen LogP contribution in [0.1, 0.15) is 110 Å². The number of aliphatic hydroxyl groups is 2. The summed E-state index contributed by atoms with van der Waals surface area (Å²) in [5.74, 6) is 0. The second-order valence-electron chi connectivity index (χ2n) is 6.55. The van der Waals surface area contributed by atoms with Crippen LogP contribution >= 0.6 is 0 Å². The van der Waals surface area contributed by atoms with Gasteiger partial charge in [-0.05, 0) is 19.3 Å². The van der Waals surface area contributed by atoms with Crippen molar-refractivity contribution < 1.29 is 10.2 Å². The topological polar surface area (TPSA) is 40.5 Å². The zero-order valence-electron chi connectivity index (χ0n) is 14.5. The molecule has 0 aliphatic carbocycles. The predicted octanol–water partition coefficient (Wildman–Crippen LogP) is 5.60. The molecule has 1 unspecified atom stereocenters. The normalized spacial score (nSPS) is 12.7. The summed E-state index contributed by atoms with van der Waals surface area (Å²) < 4.78 is 0. The molecule has 0 bridgehead atoms. The monoisotopic (exact) mass is 300 g/mol. The Kier molecular flexibility index (Phi) is 17.9. The highest BCUT2D eigenvalue weighted by Crippen LogP contribution is 2.14. The highest BCUT2D eigenvalue weighted by atomic mass is 16.3. The van der Waals surface area contributed by atoms with Crippen molar-refractivity contribution in [3.63, 3.8) is 0 Å². The first-order valence-corrected chi connectivity index (χ1v) is 9.60. The van der Waals surface area contributed by atoms with Crippen LogP contribution in [-0.4, -0.2) is 22.9 Å². The van der Waals surface area contributed by atoms with Gasteiger partial charge in [-0.25, -0.2) is 0 Å². The van der Waals surface area contributed by atoms with Gasteiger partial charge in [0.2, 0.25) is 0 Å². The minimum atomic E-state index is -0.0508. The summed E-state index contributed by atoms with van der Waals surface area (Å²) in [5, 5.41) is 18.6. The number of hydrogen-bond acceptors (Lipinski definition) is 2. The largest absolute Gasteiger partial charge is 0.396 e. The fourth-order valence-electron chi connectivity index (χ4n) is 2.86. The van der Waals surface area contributed by atoms with Gasteiger partial charge in [-0.1, -0.05) is 90.4 Å². The molecule has 1 atom stereocenters. The molecule has 0 amide bonds. The van der Waals surface area contributed by atoms with E-state index in [2.05, 4.69) is 6.92 Å². The van der Waals surface area contributed by atoms with E-state index in [1.165, 1.54) is 83.5 Å². The molecule has 0 saturated heterocycles. The van der Waals surface area contributed by atoms with Gasteiger partial charge in [0.25, 0.3) is 0 Å². The van der Waals surface area contributed by atoms with Crippen molar-refractivity contribution in [3.05, 3.63) is 0 Å². The molecule has 0 aliphatic rings. The summed E-state index contributed by atoms with van der Waals surface area (Å²) in [6, 6.07) is 0. The first kappa shape index (κ1) is 20.9. The zero-order valence-corrected chi connectivity index (χ0v) is 14.5. The summed E-state index contributed by atoms with van der Waals surface area (Å²) in [7, 11) is 0. The zero-order chi connectivity index (χ0) is 15.6. The van der Waals surface area contributed by atoms with Crippen molar-refractivity contribution in [3.8, 4) is 0 Å². The predicted molar refractivity (Wildman–Crippen MR) is 92.6 cm³/mol. The Hall–Kier alpha value is -0.0800. The van der Waals surface area contributed by atoms with E-state index in [9.17, 15) is 5.11 Å². The Bertz CT molecular complexity index is 182. The van der Waals surface area contributed by atoms with Crippen LogP contribution in [0.5, 0.6) is 0 Å². The van der Waals surface area contributed by atoms with Crippen LogP contribution in [0.4, 0.5) is 0 Å². The maximum absolute atomic E-state index is 9.91. The summed E-state index contributed by atoms with van der Waals surface area (Å²) in [4.78, 5) is 0. The SMILES string of the molecule is CCCCCCCC(O)CCCCCCCCCCCO. The van der Waals surface area contributed by atoms with Crippen molar-refractivity contribution >= 4 is 0 Å². The maximum Gasteiger partial charge on any atom is 0.0540 e. The molecule has 128 valence electrons. The lowest BCUT2D eigenvalue weighted by atomic mass is 10.0. The molecule has 0 fully saturated rings. The molecule has 2 nitrogen and oxygen atoms in total. The molecule has 0 spiro atoms. The third-order valence-electron chi connectivity index (χ3n) is 4.34. The van der Waals surface area contributed by atoms with E-state index in [0.29, 0.717) is 6.61 Å². The van der Waals surface area contributed by atoms with E-state index in [1.807, 2.05) is 0 Å². The second-order valence-corrected chi connectivity index (χ2v) is 6.55. The van der Waals surface area contributed by atoms with Gasteiger partial charge < -0.3 is 10.2 Å². The van der Waals surface area contributed by atoms with Gasteiger partial charge in [-0.2, -0.15) is 0 Å². The van der Waals surface area contributed by atoms with Gasteiger partial charge >= 0.3 is 0 Å². The Balaban J connectivity index is 3.09. The van der Waals surface area contributed by atoms with Gasteiger partial charge in [0.1, 0.15) is 0 Å². The summed E-state index contributed by atoms with van der Waals surface area (Å²) in [6.07, 6.45) is 19.7. The van der Waals surface area contributed by atoms with Crippen LogP contribution in [0.3, 0.4) is 0 Å². The molecule has 0 radical (unpaired) electrons. The molecule has 0 heterocycles. The molecular weight excluding hydrogens is 260 g/mol. The van der Waals surface area contributed by atoms with Gasteiger partial charge in [0, 0.05) is 6.61 Å². The molecule has 0 saturated carbocycles. The molecule has 0 aromatic carbocycles. The minimum Gasteiger partial charge on any atom is -0.396 e. The number of rotatable bonds is 17. The van der Waals surface area contributed by atoms with Crippen LogP contribution in [0.2, 0.25) is 0 Å². The van der Waals surface area contributed by atoms with E-state index >= 15 is 0 Å². The Morgan fingerprint density at radius 2 is 0.952 bits per heavy atom. The van der Waals surface area contributed by atoms with Crippen molar-refractivity contribution in [2.24, 2.45) is 0 Å². The van der Waals surface area contributed by atoms with Crippen molar-refractivity contribution in [2.75, 3.05) is 6.61 Å².